The van der Waals surface area contributed by atoms with E-state index >= 15 is 0 Å². The van der Waals surface area contributed by atoms with Gasteiger partial charge in [-0.05, 0) is 48.1 Å². The lowest BCUT2D eigenvalue weighted by Gasteiger charge is -2.10. The molecule has 0 fully saturated rings. The third kappa shape index (κ3) is 5.94. The van der Waals surface area contributed by atoms with Crippen LogP contribution >= 0.6 is 39.9 Å². The second kappa shape index (κ2) is 9.12. The molecule has 116 valence electrons. The fraction of sp³-hybridized carbons (Fsp3) is 0.188. The Bertz CT molecular complexity index is 620. The molecule has 0 bridgehead atoms. The molecule has 2 rings (SSSR count). The van der Waals surface area contributed by atoms with E-state index in [1.807, 2.05) is 36.4 Å². The minimum absolute atomic E-state index is 0.143. The lowest BCUT2D eigenvalue weighted by molar-refractivity contribution is 0.617. The molecule has 0 aliphatic rings. The maximum atomic E-state index is 13.4. The van der Waals surface area contributed by atoms with Crippen LogP contribution in [0.2, 0.25) is 0 Å². The van der Waals surface area contributed by atoms with E-state index in [-0.39, 0.29) is 5.82 Å². The molecule has 2 N–H and O–H groups in total. The van der Waals surface area contributed by atoms with Gasteiger partial charge in [0.2, 0.25) is 0 Å². The minimum Gasteiger partial charge on any atom is -0.362 e. The van der Waals surface area contributed by atoms with Crippen molar-refractivity contribution < 1.29 is 4.39 Å². The molecule has 0 aliphatic heterocycles. The van der Waals surface area contributed by atoms with Crippen molar-refractivity contribution in [3.63, 3.8) is 0 Å². The molecule has 0 atom stereocenters. The predicted molar refractivity (Wildman–Crippen MR) is 101 cm³/mol. The quantitative estimate of drug-likeness (QED) is 0.538. The van der Waals surface area contributed by atoms with Crippen molar-refractivity contribution in [3.05, 3.63) is 64.4 Å². The molecule has 22 heavy (non-hydrogen) atoms. The van der Waals surface area contributed by atoms with Crippen LogP contribution < -0.4 is 10.6 Å². The molecule has 0 aromatic heterocycles. The summed E-state index contributed by atoms with van der Waals surface area (Å²) in [5.41, 5.74) is 1.68. The Balaban J connectivity index is 1.63. The summed E-state index contributed by atoms with van der Waals surface area (Å²) in [6, 6.07) is 14.7. The van der Waals surface area contributed by atoms with Gasteiger partial charge in [-0.1, -0.05) is 34.1 Å². The zero-order valence-electron chi connectivity index (χ0n) is 11.8. The molecule has 0 unspecified atom stereocenters. The fourth-order valence-electron chi connectivity index (χ4n) is 1.74. The van der Waals surface area contributed by atoms with Crippen LogP contribution in [0.1, 0.15) is 5.56 Å². The number of anilines is 1. The van der Waals surface area contributed by atoms with Crippen LogP contribution in [0.25, 0.3) is 0 Å². The lowest BCUT2D eigenvalue weighted by atomic mass is 10.2. The maximum absolute atomic E-state index is 13.4. The van der Waals surface area contributed by atoms with Crippen molar-refractivity contribution in [2.45, 2.75) is 5.75 Å². The number of hydrogen-bond donors (Lipinski definition) is 2. The summed E-state index contributed by atoms with van der Waals surface area (Å²) in [7, 11) is 0. The highest BCUT2D eigenvalue weighted by Gasteiger charge is 2.01. The van der Waals surface area contributed by atoms with Gasteiger partial charge in [0, 0.05) is 28.2 Å². The van der Waals surface area contributed by atoms with Gasteiger partial charge in [0.15, 0.2) is 5.11 Å². The van der Waals surface area contributed by atoms with Gasteiger partial charge >= 0.3 is 0 Å². The third-order valence-corrected chi connectivity index (χ3v) is 4.63. The average Bonchev–Trinajstić information content (AvgIpc) is 2.51. The molecule has 0 heterocycles. The van der Waals surface area contributed by atoms with Crippen LogP contribution in [0.4, 0.5) is 10.1 Å². The minimum atomic E-state index is -0.143. The first-order valence-corrected chi connectivity index (χ1v) is 9.12. The molecule has 6 heteroatoms. The van der Waals surface area contributed by atoms with Crippen molar-refractivity contribution in [1.29, 1.82) is 0 Å². The Morgan fingerprint density at radius 2 is 1.86 bits per heavy atom. The number of thiocarbonyl (C=S) groups is 1. The molecule has 2 aromatic carbocycles. The molecular formula is C16H16BrFN2S2. The Labute approximate surface area is 148 Å². The fourth-order valence-corrected chi connectivity index (χ4v) is 3.07. The monoisotopic (exact) mass is 398 g/mol. The number of nitrogens with one attached hydrogen (secondary N) is 2. The van der Waals surface area contributed by atoms with Crippen molar-refractivity contribution >= 4 is 50.7 Å². The zero-order valence-corrected chi connectivity index (χ0v) is 15.0. The summed E-state index contributed by atoms with van der Waals surface area (Å²) in [5.74, 6) is 1.38. The van der Waals surface area contributed by atoms with Gasteiger partial charge in [-0.25, -0.2) is 4.39 Å². The predicted octanol–water partition coefficient (Wildman–Crippen LogP) is 4.81. The molecular weight excluding hydrogens is 383 g/mol. The second-order valence-electron chi connectivity index (χ2n) is 4.53. The Morgan fingerprint density at radius 1 is 1.14 bits per heavy atom. The van der Waals surface area contributed by atoms with Crippen LogP contribution in [0.5, 0.6) is 0 Å². The highest BCUT2D eigenvalue weighted by Crippen LogP contribution is 2.15. The van der Waals surface area contributed by atoms with E-state index < -0.39 is 0 Å². The van der Waals surface area contributed by atoms with Crippen molar-refractivity contribution in [3.8, 4) is 0 Å². The molecule has 0 saturated carbocycles. The largest absolute Gasteiger partial charge is 0.362 e. The second-order valence-corrected chi connectivity index (χ2v) is 6.96. The van der Waals surface area contributed by atoms with Gasteiger partial charge in [0.25, 0.3) is 0 Å². The summed E-state index contributed by atoms with van der Waals surface area (Å²) < 4.78 is 14.5. The summed E-state index contributed by atoms with van der Waals surface area (Å²) in [4.78, 5) is 0. The maximum Gasteiger partial charge on any atom is 0.170 e. The van der Waals surface area contributed by atoms with Gasteiger partial charge in [0.05, 0.1) is 0 Å². The number of rotatable bonds is 6. The van der Waals surface area contributed by atoms with Crippen LogP contribution in [0.3, 0.4) is 0 Å². The number of hydrogen-bond acceptors (Lipinski definition) is 2. The third-order valence-electron chi connectivity index (χ3n) is 2.85. The molecule has 0 aliphatic carbocycles. The average molecular weight is 399 g/mol. The SMILES string of the molecule is Fc1ccccc1CSCCNC(=S)Nc1ccc(Br)cc1. The smallest absolute Gasteiger partial charge is 0.170 e. The van der Waals surface area contributed by atoms with Gasteiger partial charge in [0.1, 0.15) is 5.82 Å². The highest BCUT2D eigenvalue weighted by molar-refractivity contribution is 9.10. The number of halogens is 2. The van der Waals surface area contributed by atoms with E-state index in [0.29, 0.717) is 10.9 Å². The molecule has 2 aromatic rings. The van der Waals surface area contributed by atoms with E-state index in [1.165, 1.54) is 6.07 Å². The molecule has 0 spiro atoms. The van der Waals surface area contributed by atoms with E-state index in [1.54, 1.807) is 17.8 Å². The number of benzene rings is 2. The Hall–Kier alpha value is -1.11. The topological polar surface area (TPSA) is 24.1 Å². The summed E-state index contributed by atoms with van der Waals surface area (Å²) >= 11 is 10.3. The van der Waals surface area contributed by atoms with Crippen LogP contribution in [-0.4, -0.2) is 17.4 Å². The van der Waals surface area contributed by atoms with E-state index in [4.69, 9.17) is 12.2 Å². The standard InChI is InChI=1S/C16H16BrFN2S2/c17-13-5-7-14(8-6-13)20-16(21)19-9-10-22-11-12-3-1-2-4-15(12)18/h1-8H,9-11H2,(H2,19,20,21). The van der Waals surface area contributed by atoms with Crippen LogP contribution in [0.15, 0.2) is 53.0 Å². The normalized spacial score (nSPS) is 10.3. The van der Waals surface area contributed by atoms with Gasteiger partial charge < -0.3 is 10.6 Å². The van der Waals surface area contributed by atoms with Crippen LogP contribution in [0, 0.1) is 5.82 Å². The van der Waals surface area contributed by atoms with E-state index in [9.17, 15) is 4.39 Å². The van der Waals surface area contributed by atoms with Crippen molar-refractivity contribution in [1.82, 2.24) is 5.32 Å². The van der Waals surface area contributed by atoms with Gasteiger partial charge in [-0.2, -0.15) is 11.8 Å². The van der Waals surface area contributed by atoms with E-state index in [2.05, 4.69) is 26.6 Å². The first-order chi connectivity index (χ1) is 10.6. The molecule has 0 radical (unpaired) electrons. The van der Waals surface area contributed by atoms with Crippen molar-refractivity contribution in [2.24, 2.45) is 0 Å². The zero-order chi connectivity index (χ0) is 15.8. The van der Waals surface area contributed by atoms with Gasteiger partial charge in [-0.15, -0.1) is 0 Å². The van der Waals surface area contributed by atoms with Crippen LogP contribution in [-0.2, 0) is 5.75 Å². The Kier molecular flexibility index (Phi) is 7.15. The number of thioether (sulfide) groups is 1. The highest BCUT2D eigenvalue weighted by atomic mass is 79.9. The lowest BCUT2D eigenvalue weighted by Crippen LogP contribution is -2.30. The Morgan fingerprint density at radius 3 is 2.59 bits per heavy atom. The molecule has 2 nitrogen and oxygen atoms in total. The molecule has 0 amide bonds. The summed E-state index contributed by atoms with van der Waals surface area (Å²) in [6.45, 7) is 0.738. The first-order valence-electron chi connectivity index (χ1n) is 6.77. The van der Waals surface area contributed by atoms with E-state index in [0.717, 1.165) is 28.0 Å². The molecule has 0 saturated heterocycles. The van der Waals surface area contributed by atoms with Crippen molar-refractivity contribution in [2.75, 3.05) is 17.6 Å². The first kappa shape index (κ1) is 17.2. The summed E-state index contributed by atoms with van der Waals surface area (Å²) in [5, 5.41) is 6.85. The summed E-state index contributed by atoms with van der Waals surface area (Å²) in [6.07, 6.45) is 0. The van der Waals surface area contributed by atoms with Gasteiger partial charge in [-0.3, -0.25) is 0 Å².